The van der Waals surface area contributed by atoms with Crippen LogP contribution < -0.4 is 4.74 Å². The third kappa shape index (κ3) is 6.14. The minimum atomic E-state index is -7.43. The molecule has 16 heteroatoms. The molecule has 0 N–H and O–H groups in total. The van der Waals surface area contributed by atoms with Crippen molar-refractivity contribution in [1.29, 1.82) is 0 Å². The van der Waals surface area contributed by atoms with Crippen molar-refractivity contribution in [2.45, 2.75) is 23.3 Å². The molecule has 0 heterocycles. The molecule has 2 rings (SSSR count). The third-order valence-corrected chi connectivity index (χ3v) is 5.98. The van der Waals surface area contributed by atoms with E-state index in [2.05, 4.69) is 12.5 Å². The fraction of sp³-hybridized carbons (Fsp3) is 0.421. The molecule has 0 atom stereocenters. The molecule has 0 aliphatic rings. The lowest BCUT2D eigenvalue weighted by Crippen LogP contribution is -2.63. The second-order valence-electron chi connectivity index (χ2n) is 7.03. The summed E-state index contributed by atoms with van der Waals surface area (Å²) in [7, 11) is -5.64. The molecular formula is C19H17F9O5S2. The summed E-state index contributed by atoms with van der Waals surface area (Å²) in [4.78, 5) is 12.2. The lowest BCUT2D eigenvalue weighted by atomic mass is 10.0. The summed E-state index contributed by atoms with van der Waals surface area (Å²) in [5.41, 5.74) is 0.799. The van der Waals surface area contributed by atoms with E-state index in [1.165, 1.54) is 0 Å². The molecule has 0 unspecified atom stereocenters. The quantitative estimate of drug-likeness (QED) is 0.209. The van der Waals surface area contributed by atoms with Crippen molar-refractivity contribution in [3.63, 3.8) is 0 Å². The summed E-state index contributed by atoms with van der Waals surface area (Å²) in [6, 6.07) is 11.6. The number of hydrogen-bond acceptors (Lipinski definition) is 5. The van der Waals surface area contributed by atoms with Crippen molar-refractivity contribution in [2.24, 2.45) is 0 Å². The molecule has 0 amide bonds. The van der Waals surface area contributed by atoms with E-state index in [0.717, 1.165) is 22.1 Å². The second kappa shape index (κ2) is 10.4. The molecule has 0 radical (unpaired) electrons. The van der Waals surface area contributed by atoms with Crippen LogP contribution in [0.25, 0.3) is 10.8 Å². The Hall–Kier alpha value is -2.20. The summed E-state index contributed by atoms with van der Waals surface area (Å²) in [5.74, 6) is -13.2. The van der Waals surface area contributed by atoms with Crippen LogP contribution in [0.3, 0.4) is 0 Å². The molecule has 2 aromatic carbocycles. The number of ketones is 1. The van der Waals surface area contributed by atoms with Gasteiger partial charge in [0.1, 0.15) is 5.75 Å². The number of fused-ring (bicyclic) bond motifs is 1. The Bertz CT molecular complexity index is 1160. The van der Waals surface area contributed by atoms with Gasteiger partial charge in [0.05, 0.1) is 19.6 Å². The normalized spacial score (nSPS) is 13.4. The standard InChI is InChI=1S/C15H17O2S.C4HF9O3S/c1-17-15-9-8-12(14(16)10-18(2)3)11-6-4-5-7-13(11)15;5-1(6,3(9,10)11)2(7,8)4(12,13)17(14,15)16/h4-9H,10H2,1-3H3;(H,14,15,16)/q+1;/p-1. The van der Waals surface area contributed by atoms with Crippen molar-refractivity contribution < 1.29 is 62.0 Å². The lowest BCUT2D eigenvalue weighted by molar-refractivity contribution is -0.382. The Kier molecular flexibility index (Phi) is 9.18. The Labute approximate surface area is 196 Å². The number of Topliss-reactive ketones (excluding diaryl/α,β-unsaturated/α-hetero) is 1. The predicted molar refractivity (Wildman–Crippen MR) is 110 cm³/mol. The van der Waals surface area contributed by atoms with Crippen LogP contribution in [0.15, 0.2) is 36.4 Å². The summed E-state index contributed by atoms with van der Waals surface area (Å²) in [6.07, 6.45) is -2.99. The van der Waals surface area contributed by atoms with Crippen LogP contribution >= 0.6 is 0 Å². The Morgan fingerprint density at radius 1 is 0.886 bits per heavy atom. The van der Waals surface area contributed by atoms with Gasteiger partial charge in [0.15, 0.2) is 15.9 Å². The number of halogens is 9. The van der Waals surface area contributed by atoms with Crippen LogP contribution in [0.1, 0.15) is 10.4 Å². The SMILES string of the molecule is COc1ccc(C(=O)C[S+](C)C)c2ccccc12.O=S(=O)([O-])C(F)(F)C(F)(F)C(F)(F)C(F)(F)F. The molecular weight excluding hydrogens is 543 g/mol. The summed E-state index contributed by atoms with van der Waals surface area (Å²) < 4.78 is 141. The highest BCUT2D eigenvalue weighted by Gasteiger charge is 2.83. The Morgan fingerprint density at radius 2 is 1.37 bits per heavy atom. The highest BCUT2D eigenvalue weighted by molar-refractivity contribution is 7.96. The van der Waals surface area contributed by atoms with Crippen molar-refractivity contribution in [3.05, 3.63) is 42.0 Å². The van der Waals surface area contributed by atoms with Gasteiger partial charge in [-0.05, 0) is 28.4 Å². The van der Waals surface area contributed by atoms with Gasteiger partial charge in [-0.2, -0.15) is 39.5 Å². The number of benzene rings is 2. The minimum absolute atomic E-state index is 0.123. The zero-order valence-corrected chi connectivity index (χ0v) is 19.6. The first-order valence-corrected chi connectivity index (χ1v) is 12.5. The highest BCUT2D eigenvalue weighted by atomic mass is 32.2. The number of carbonyl (C=O) groups is 1. The van der Waals surface area contributed by atoms with Crippen molar-refractivity contribution >= 4 is 37.6 Å². The van der Waals surface area contributed by atoms with Crippen LogP contribution in [0, 0.1) is 0 Å². The van der Waals surface area contributed by atoms with Gasteiger partial charge in [-0.15, -0.1) is 0 Å². The minimum Gasteiger partial charge on any atom is -0.743 e. The maximum atomic E-state index is 12.2. The van der Waals surface area contributed by atoms with Gasteiger partial charge in [-0.1, -0.05) is 24.3 Å². The van der Waals surface area contributed by atoms with Gasteiger partial charge < -0.3 is 9.29 Å². The van der Waals surface area contributed by atoms with Crippen LogP contribution in [-0.4, -0.2) is 67.4 Å². The van der Waals surface area contributed by atoms with Crippen LogP contribution in [-0.2, 0) is 21.0 Å². The molecule has 0 saturated heterocycles. The molecule has 0 bridgehead atoms. The molecule has 198 valence electrons. The van der Waals surface area contributed by atoms with Gasteiger partial charge in [0.25, 0.3) is 0 Å². The average Bonchev–Trinajstić information content (AvgIpc) is 2.70. The van der Waals surface area contributed by atoms with Crippen LogP contribution in [0.4, 0.5) is 39.5 Å². The molecule has 0 fully saturated rings. The molecule has 0 aliphatic carbocycles. The summed E-state index contributed by atoms with van der Waals surface area (Å²) in [6.45, 7) is 0. The van der Waals surface area contributed by atoms with E-state index in [0.29, 0.717) is 5.75 Å². The predicted octanol–water partition coefficient (Wildman–Crippen LogP) is 4.87. The fourth-order valence-corrected chi connectivity index (χ4v) is 3.67. The number of rotatable bonds is 7. The van der Waals surface area contributed by atoms with Gasteiger partial charge in [0, 0.05) is 10.9 Å². The number of alkyl halides is 9. The van der Waals surface area contributed by atoms with Gasteiger partial charge >= 0.3 is 23.3 Å². The molecule has 0 spiro atoms. The zero-order chi connectivity index (χ0) is 27.6. The first-order chi connectivity index (χ1) is 15.6. The van der Waals surface area contributed by atoms with Crippen molar-refractivity contribution in [1.82, 2.24) is 0 Å². The number of ether oxygens (including phenoxy) is 1. The van der Waals surface area contributed by atoms with E-state index in [4.69, 9.17) is 4.74 Å². The lowest BCUT2D eigenvalue weighted by Gasteiger charge is -2.34. The van der Waals surface area contributed by atoms with Gasteiger partial charge in [-0.3, -0.25) is 4.79 Å². The Balaban J connectivity index is 0.000000351. The molecule has 35 heavy (non-hydrogen) atoms. The van der Waals surface area contributed by atoms with Crippen LogP contribution in [0.5, 0.6) is 5.75 Å². The molecule has 5 nitrogen and oxygen atoms in total. The van der Waals surface area contributed by atoms with E-state index >= 15 is 0 Å². The van der Waals surface area contributed by atoms with E-state index in [1.807, 2.05) is 36.4 Å². The summed E-state index contributed by atoms with van der Waals surface area (Å²) >= 11 is 0. The number of hydrogen-bond donors (Lipinski definition) is 0. The third-order valence-electron chi connectivity index (χ3n) is 4.25. The molecule has 0 aliphatic heterocycles. The first kappa shape index (κ1) is 30.8. The summed E-state index contributed by atoms with van der Waals surface area (Å²) in [5, 5.41) is -5.14. The number of carbonyl (C=O) groups excluding carboxylic acids is 1. The van der Waals surface area contributed by atoms with E-state index < -0.39 is 33.4 Å². The van der Waals surface area contributed by atoms with Gasteiger partial charge in [-0.25, -0.2) is 8.42 Å². The molecule has 0 saturated carbocycles. The monoisotopic (exact) mass is 560 g/mol. The maximum absolute atomic E-state index is 12.2. The molecule has 0 aromatic heterocycles. The Morgan fingerprint density at radius 3 is 1.77 bits per heavy atom. The fourth-order valence-electron chi connectivity index (χ4n) is 2.55. The smallest absolute Gasteiger partial charge is 0.460 e. The highest BCUT2D eigenvalue weighted by Crippen LogP contribution is 2.54. The topological polar surface area (TPSA) is 83.5 Å². The van der Waals surface area contributed by atoms with E-state index in [1.54, 1.807) is 7.11 Å². The second-order valence-corrected chi connectivity index (χ2v) is 10.7. The number of methoxy groups -OCH3 is 1. The van der Waals surface area contributed by atoms with Crippen molar-refractivity contribution in [2.75, 3.05) is 25.4 Å². The van der Waals surface area contributed by atoms with E-state index in [9.17, 15) is 57.3 Å². The first-order valence-electron chi connectivity index (χ1n) is 8.92. The van der Waals surface area contributed by atoms with Crippen molar-refractivity contribution in [3.8, 4) is 5.75 Å². The largest absolute Gasteiger partial charge is 0.743 e. The maximum Gasteiger partial charge on any atom is 0.460 e. The average molecular weight is 560 g/mol. The zero-order valence-electron chi connectivity index (χ0n) is 17.9. The van der Waals surface area contributed by atoms with E-state index in [-0.39, 0.29) is 16.7 Å². The molecule has 2 aromatic rings. The van der Waals surface area contributed by atoms with Crippen LogP contribution in [0.2, 0.25) is 0 Å². The van der Waals surface area contributed by atoms with Gasteiger partial charge in [0.2, 0.25) is 5.78 Å².